The Morgan fingerprint density at radius 2 is 2.05 bits per heavy atom. The van der Waals surface area contributed by atoms with E-state index in [1.54, 1.807) is 12.4 Å². The molecule has 0 saturated heterocycles. The van der Waals surface area contributed by atoms with E-state index in [1.165, 1.54) is 6.07 Å². The quantitative estimate of drug-likeness (QED) is 0.658. The average Bonchev–Trinajstić information content (AvgIpc) is 2.80. The Kier molecular flexibility index (Phi) is 3.93. The van der Waals surface area contributed by atoms with Crippen molar-refractivity contribution in [1.82, 2.24) is 9.97 Å². The Labute approximate surface area is 115 Å². The minimum atomic E-state index is -4.70. The van der Waals surface area contributed by atoms with Gasteiger partial charge in [-0.2, -0.15) is 13.2 Å². The third kappa shape index (κ3) is 3.34. The first-order chi connectivity index (χ1) is 8.88. The SMILES string of the molecule is Fc1ccc(C(Br)Cc2ncc[nH]2)cc1C(F)(F)F. The number of nitrogens with one attached hydrogen (secondary N) is 1. The predicted octanol–water partition coefficient (Wildman–Crippen LogP) is 4.25. The van der Waals surface area contributed by atoms with Crippen molar-refractivity contribution in [2.45, 2.75) is 17.4 Å². The van der Waals surface area contributed by atoms with E-state index in [0.717, 1.165) is 12.1 Å². The fraction of sp³-hybridized carbons (Fsp3) is 0.250. The summed E-state index contributed by atoms with van der Waals surface area (Å²) in [5, 5.41) is 0. The predicted molar refractivity (Wildman–Crippen MR) is 65.4 cm³/mol. The van der Waals surface area contributed by atoms with Gasteiger partial charge in [0.1, 0.15) is 11.6 Å². The molecule has 2 rings (SSSR count). The summed E-state index contributed by atoms with van der Waals surface area (Å²) in [6.07, 6.45) is -1.13. The molecule has 7 heteroatoms. The third-order valence-corrected chi connectivity index (χ3v) is 3.44. The van der Waals surface area contributed by atoms with Gasteiger partial charge < -0.3 is 4.98 Å². The molecule has 0 saturated carbocycles. The number of rotatable bonds is 3. The average molecular weight is 337 g/mol. The second-order valence-corrected chi connectivity index (χ2v) is 5.05. The molecule has 0 fully saturated rings. The summed E-state index contributed by atoms with van der Waals surface area (Å²) in [6, 6.07) is 2.97. The van der Waals surface area contributed by atoms with Crippen LogP contribution >= 0.6 is 15.9 Å². The molecule has 1 atom stereocenters. The summed E-state index contributed by atoms with van der Waals surface area (Å²) in [5.74, 6) is -0.631. The molecule has 1 aromatic carbocycles. The summed E-state index contributed by atoms with van der Waals surface area (Å²) in [6.45, 7) is 0. The minimum Gasteiger partial charge on any atom is -0.349 e. The highest BCUT2D eigenvalue weighted by molar-refractivity contribution is 9.09. The summed E-state index contributed by atoms with van der Waals surface area (Å²) in [5.41, 5.74) is -0.904. The van der Waals surface area contributed by atoms with Crippen LogP contribution in [-0.4, -0.2) is 9.97 Å². The zero-order chi connectivity index (χ0) is 14.0. The topological polar surface area (TPSA) is 28.7 Å². The first-order valence-electron chi connectivity index (χ1n) is 5.37. The molecular weight excluding hydrogens is 328 g/mol. The van der Waals surface area contributed by atoms with E-state index in [4.69, 9.17) is 0 Å². The normalized spacial score (nSPS) is 13.5. The van der Waals surface area contributed by atoms with Gasteiger partial charge in [0.25, 0.3) is 0 Å². The second kappa shape index (κ2) is 5.32. The van der Waals surface area contributed by atoms with E-state index in [1.807, 2.05) is 0 Å². The van der Waals surface area contributed by atoms with E-state index in [-0.39, 0.29) is 4.83 Å². The minimum absolute atomic E-state index is 0.352. The lowest BCUT2D eigenvalue weighted by Crippen LogP contribution is -2.09. The van der Waals surface area contributed by atoms with E-state index in [9.17, 15) is 17.6 Å². The van der Waals surface area contributed by atoms with Gasteiger partial charge in [0, 0.05) is 23.6 Å². The van der Waals surface area contributed by atoms with E-state index in [0.29, 0.717) is 17.8 Å². The number of benzene rings is 1. The van der Waals surface area contributed by atoms with Gasteiger partial charge in [-0.1, -0.05) is 22.0 Å². The molecule has 2 aromatic rings. The zero-order valence-electron chi connectivity index (χ0n) is 9.51. The van der Waals surface area contributed by atoms with Crippen LogP contribution in [-0.2, 0) is 12.6 Å². The molecular formula is C12H9BrF4N2. The summed E-state index contributed by atoms with van der Waals surface area (Å²) in [4.78, 5) is 6.47. The standard InChI is InChI=1S/C12H9BrF4N2/c13-9(6-11-18-3-4-19-11)7-1-2-10(14)8(5-7)12(15,16)17/h1-5,9H,6H2,(H,18,19). The first-order valence-corrected chi connectivity index (χ1v) is 6.28. The van der Waals surface area contributed by atoms with Crippen molar-refractivity contribution < 1.29 is 17.6 Å². The lowest BCUT2D eigenvalue weighted by molar-refractivity contribution is -0.140. The van der Waals surface area contributed by atoms with Crippen molar-refractivity contribution in [3.63, 3.8) is 0 Å². The van der Waals surface area contributed by atoms with Crippen molar-refractivity contribution in [3.8, 4) is 0 Å². The van der Waals surface area contributed by atoms with Crippen LogP contribution in [0.25, 0.3) is 0 Å². The van der Waals surface area contributed by atoms with Gasteiger partial charge in [-0.25, -0.2) is 9.37 Å². The highest BCUT2D eigenvalue weighted by Gasteiger charge is 2.34. The van der Waals surface area contributed by atoms with Crippen LogP contribution in [0.5, 0.6) is 0 Å². The van der Waals surface area contributed by atoms with Crippen molar-refractivity contribution >= 4 is 15.9 Å². The number of hydrogen-bond donors (Lipinski definition) is 1. The van der Waals surface area contributed by atoms with Gasteiger partial charge in [-0.05, 0) is 17.7 Å². The van der Waals surface area contributed by atoms with Crippen LogP contribution in [0.15, 0.2) is 30.6 Å². The molecule has 0 bridgehead atoms. The summed E-state index contributed by atoms with van der Waals surface area (Å²) in [7, 11) is 0. The Morgan fingerprint density at radius 3 is 2.63 bits per heavy atom. The zero-order valence-corrected chi connectivity index (χ0v) is 11.1. The van der Waals surface area contributed by atoms with Crippen molar-refractivity contribution in [3.05, 3.63) is 53.4 Å². The van der Waals surface area contributed by atoms with Crippen LogP contribution in [0.4, 0.5) is 17.6 Å². The Bertz CT molecular complexity index is 551. The number of nitrogens with zero attached hydrogens (tertiary/aromatic N) is 1. The van der Waals surface area contributed by atoms with Crippen LogP contribution < -0.4 is 0 Å². The molecule has 0 aliphatic carbocycles. The van der Waals surface area contributed by atoms with Crippen LogP contribution in [0.3, 0.4) is 0 Å². The molecule has 102 valence electrons. The number of alkyl halides is 4. The third-order valence-electron chi connectivity index (χ3n) is 2.58. The molecule has 0 amide bonds. The molecule has 0 aliphatic rings. The Hall–Kier alpha value is -1.37. The van der Waals surface area contributed by atoms with Crippen LogP contribution in [0.1, 0.15) is 21.8 Å². The van der Waals surface area contributed by atoms with E-state index in [2.05, 4.69) is 25.9 Å². The lowest BCUT2D eigenvalue weighted by atomic mass is 10.1. The number of imidazole rings is 1. The van der Waals surface area contributed by atoms with Crippen molar-refractivity contribution in [2.75, 3.05) is 0 Å². The monoisotopic (exact) mass is 336 g/mol. The van der Waals surface area contributed by atoms with Gasteiger partial charge >= 0.3 is 6.18 Å². The molecule has 0 aliphatic heterocycles. The van der Waals surface area contributed by atoms with Gasteiger partial charge in [-0.15, -0.1) is 0 Å². The molecule has 0 spiro atoms. The molecule has 19 heavy (non-hydrogen) atoms. The maximum atomic E-state index is 13.2. The van der Waals surface area contributed by atoms with Gasteiger partial charge in [0.2, 0.25) is 0 Å². The highest BCUT2D eigenvalue weighted by atomic mass is 79.9. The number of aromatic amines is 1. The fourth-order valence-electron chi connectivity index (χ4n) is 1.65. The number of halogens is 5. The number of hydrogen-bond acceptors (Lipinski definition) is 1. The van der Waals surface area contributed by atoms with E-state index >= 15 is 0 Å². The highest BCUT2D eigenvalue weighted by Crippen LogP contribution is 2.35. The Morgan fingerprint density at radius 1 is 1.32 bits per heavy atom. The van der Waals surface area contributed by atoms with Crippen molar-refractivity contribution in [2.24, 2.45) is 0 Å². The molecule has 0 radical (unpaired) electrons. The number of aromatic nitrogens is 2. The molecule has 1 aromatic heterocycles. The lowest BCUT2D eigenvalue weighted by Gasteiger charge is -2.13. The van der Waals surface area contributed by atoms with Gasteiger partial charge in [0.15, 0.2) is 0 Å². The van der Waals surface area contributed by atoms with Crippen molar-refractivity contribution in [1.29, 1.82) is 0 Å². The first kappa shape index (κ1) is 14.0. The second-order valence-electron chi connectivity index (χ2n) is 3.94. The molecule has 2 nitrogen and oxygen atoms in total. The summed E-state index contributed by atoms with van der Waals surface area (Å²) < 4.78 is 50.9. The Balaban J connectivity index is 2.25. The van der Waals surface area contributed by atoms with E-state index < -0.39 is 17.6 Å². The smallest absolute Gasteiger partial charge is 0.349 e. The maximum Gasteiger partial charge on any atom is 0.419 e. The molecule has 1 heterocycles. The maximum absolute atomic E-state index is 13.2. The van der Waals surface area contributed by atoms with Gasteiger partial charge in [-0.3, -0.25) is 0 Å². The fourth-order valence-corrected chi connectivity index (χ4v) is 2.24. The number of H-pyrrole nitrogens is 1. The largest absolute Gasteiger partial charge is 0.419 e. The molecule has 1 unspecified atom stereocenters. The molecule has 1 N–H and O–H groups in total. The van der Waals surface area contributed by atoms with Crippen LogP contribution in [0.2, 0.25) is 0 Å². The van der Waals surface area contributed by atoms with Crippen LogP contribution in [0, 0.1) is 5.82 Å². The summed E-state index contributed by atoms with van der Waals surface area (Å²) >= 11 is 3.28. The van der Waals surface area contributed by atoms with Gasteiger partial charge in [0.05, 0.1) is 5.56 Å².